The van der Waals surface area contributed by atoms with Gasteiger partial charge in [-0.1, -0.05) is 238 Å². The molecular formula is C119H185N15O13S. The molecule has 148 heavy (non-hydrogen) atoms. The van der Waals surface area contributed by atoms with Gasteiger partial charge in [0.1, 0.15) is 17.2 Å². The number of sulfone groups is 1. The second kappa shape index (κ2) is 63.0. The van der Waals surface area contributed by atoms with E-state index in [0.29, 0.717) is 93.4 Å². The van der Waals surface area contributed by atoms with E-state index in [1.54, 1.807) is 32.0 Å². The van der Waals surface area contributed by atoms with E-state index in [4.69, 9.17) is 28.4 Å². The Balaban J connectivity index is 0.000000360. The molecule has 1 saturated heterocycles. The second-order valence-electron chi connectivity index (χ2n) is 46.4. The summed E-state index contributed by atoms with van der Waals surface area (Å²) in [6.07, 6.45) is 4.05. The lowest BCUT2D eigenvalue weighted by atomic mass is 9.96. The number of likely N-dealkylation sites (N-methyl/N-ethyl adjacent to an activating group) is 5. The van der Waals surface area contributed by atoms with Crippen molar-refractivity contribution in [3.63, 3.8) is 0 Å². The molecule has 0 atom stereocenters. The number of aryl methyl sites for hydroxylation is 2. The number of benzene rings is 7. The molecular weight excluding hydrogens is 1880 g/mol. The zero-order valence-electron chi connectivity index (χ0n) is 96.5. The van der Waals surface area contributed by atoms with Gasteiger partial charge >= 0.3 is 0 Å². The second-order valence-corrected chi connectivity index (χ2v) is 48.3. The van der Waals surface area contributed by atoms with E-state index in [9.17, 15) is 32.4 Å². The standard InChI is InChI=1S/C18H29N3O2.C18H30N2O3.C18H24N2.C17H25N3O2S.C17H27NO2.C16H26N2O2.C15H24N2O2/c1-18(2,3)14-20(4)13-17(22)19-15-5-7-16(8-6-15)21-9-11-23-12-10-21;1-7-22-15-10-9-14(11-16(15)23-8-2)19-17(21)12-20(6)13-18(3,4)5;1-14-8-5-6-9-15(14)12-17-16(10-7-11-19-17)20-13-18(2,3)4;1-6-10-20-15(14-9-7-8-13(2)11-14)18-19-16(20)23(21,22)12-17(3,4)5;1-6-18(13-17(2,3)4)12-15(19)11-14-7-9-16(20-5)10-8-14;1-6-18(12-16(2,3)4)11-15(19)17-13-9-7-8-10-14(13)20-5;1-15(2,3)11-17(4)10-14(18)16-12-6-8-13(19-5)9-7-12/h5-8H,9-14H2,1-4H3,(H,19,22);9-11H,7-8,12-13H2,1-6H3,(H,19,21);5-11,20H,12-13H2,1-4H3;7-9,11H,6,10,12H2,1-5H3;7-10H,6,11-13H2,1-5H3;7-10H,6,11-12H2,1-5H3,(H,17,19);6-9H,10-11H2,1-5H3,(H,16,18). The molecule has 2 aromatic heterocycles. The number of aromatic nitrogens is 4. The van der Waals surface area contributed by atoms with E-state index in [-0.39, 0.29) is 78.2 Å². The molecule has 0 bridgehead atoms. The predicted octanol–water partition coefficient (Wildman–Crippen LogP) is 22.6. The van der Waals surface area contributed by atoms with Crippen LogP contribution in [0.1, 0.15) is 214 Å². The molecule has 0 radical (unpaired) electrons. The minimum atomic E-state index is -3.48. The van der Waals surface area contributed by atoms with E-state index in [1.807, 2.05) is 213 Å². The first-order valence-electron chi connectivity index (χ1n) is 52.1. The molecule has 0 spiro atoms. The van der Waals surface area contributed by atoms with Crippen LogP contribution in [-0.4, -0.2) is 255 Å². The molecule has 0 aliphatic carbocycles. The number of Topliss-reactive ketones (excluding diaryl/α,β-unsaturated/α-hetero) is 1. The predicted molar refractivity (Wildman–Crippen MR) is 613 cm³/mol. The van der Waals surface area contributed by atoms with Crippen LogP contribution in [-0.2, 0) is 57.9 Å². The summed E-state index contributed by atoms with van der Waals surface area (Å²) in [4.78, 5) is 77.7. The SMILES string of the molecule is CCCn1c(-c2cccc(C)c2)nnc1S(=O)(=O)CC(C)(C)C.CCN(CC(=O)Cc1ccc(OC)cc1)CC(C)(C)C.CCN(CC(=O)Nc1ccccc1OC)CC(C)(C)C.CCOc1ccc(NC(=O)CN(C)CC(C)(C)C)cc1OCC.CN(CC(=O)Nc1ccc(N2CCOCC2)cc1)CC(C)(C)C.COc1ccc(NC(=O)CN(C)CC(C)(C)C)cc1.Cc1ccccc1Cc1ncccc1NCC(C)(C)C. The van der Waals surface area contributed by atoms with Crippen LogP contribution in [0.3, 0.4) is 0 Å². The largest absolute Gasteiger partial charge is 0.497 e. The van der Waals surface area contributed by atoms with E-state index in [1.165, 1.54) is 16.8 Å². The summed E-state index contributed by atoms with van der Waals surface area (Å²) in [6.45, 7) is 73.5. The van der Waals surface area contributed by atoms with Crippen LogP contribution in [0.15, 0.2) is 187 Å². The van der Waals surface area contributed by atoms with Crippen LogP contribution in [0.5, 0.6) is 28.7 Å². The summed E-state index contributed by atoms with van der Waals surface area (Å²) in [5.74, 6) is 4.52. The Morgan fingerprint density at radius 3 is 1.39 bits per heavy atom. The number of rotatable bonds is 40. The number of nitrogens with one attached hydrogen (secondary N) is 5. The van der Waals surface area contributed by atoms with Gasteiger partial charge in [-0.15, -0.1) is 10.2 Å². The summed E-state index contributed by atoms with van der Waals surface area (Å²) < 4.78 is 59.1. The van der Waals surface area contributed by atoms with Crippen molar-refractivity contribution >= 4 is 73.4 Å². The summed E-state index contributed by atoms with van der Waals surface area (Å²) in [6, 6.07) is 56.5. The Morgan fingerprint density at radius 2 is 0.912 bits per heavy atom. The van der Waals surface area contributed by atoms with Gasteiger partial charge in [0.2, 0.25) is 38.6 Å². The van der Waals surface area contributed by atoms with E-state index >= 15 is 0 Å². The number of methoxy groups -OCH3 is 3. The Morgan fingerprint density at radius 1 is 0.446 bits per heavy atom. The zero-order chi connectivity index (χ0) is 111. The fraction of sp³-hybridized carbons (Fsp3) is 0.546. The Kier molecular flexibility index (Phi) is 54.9. The molecule has 29 heteroatoms. The summed E-state index contributed by atoms with van der Waals surface area (Å²) >= 11 is 0. The number of carbonyl (C=O) groups is 5. The maximum absolute atomic E-state index is 12.7. The van der Waals surface area contributed by atoms with Gasteiger partial charge < -0.3 is 59.9 Å². The van der Waals surface area contributed by atoms with Gasteiger partial charge in [0, 0.05) is 112 Å². The van der Waals surface area contributed by atoms with Crippen molar-refractivity contribution in [2.24, 2.45) is 37.9 Å². The van der Waals surface area contributed by atoms with Crippen LogP contribution in [0, 0.1) is 51.8 Å². The highest BCUT2D eigenvalue weighted by Gasteiger charge is 2.31. The molecule has 820 valence electrons. The van der Waals surface area contributed by atoms with Gasteiger partial charge in [-0.2, -0.15) is 0 Å². The maximum Gasteiger partial charge on any atom is 0.250 e. The number of hydrogen-bond acceptors (Lipinski definition) is 23. The summed E-state index contributed by atoms with van der Waals surface area (Å²) in [5.41, 5.74) is 13.1. The van der Waals surface area contributed by atoms with Crippen LogP contribution >= 0.6 is 0 Å². The van der Waals surface area contributed by atoms with Gasteiger partial charge in [-0.05, 0) is 226 Å². The van der Waals surface area contributed by atoms with Crippen molar-refractivity contribution < 1.29 is 60.8 Å². The number of hydrogen-bond donors (Lipinski definition) is 5. The van der Waals surface area contributed by atoms with Crippen LogP contribution in [0.4, 0.5) is 34.1 Å². The Bertz CT molecular complexity index is 5520. The zero-order valence-corrected chi connectivity index (χ0v) is 97.3. The van der Waals surface area contributed by atoms with Crippen molar-refractivity contribution in [3.8, 4) is 40.1 Å². The summed E-state index contributed by atoms with van der Waals surface area (Å²) in [7, 11) is 7.27. The quantitative estimate of drug-likeness (QED) is 0.0238. The van der Waals surface area contributed by atoms with Gasteiger partial charge in [0.05, 0.1) is 103 Å². The molecule has 5 N–H and O–H groups in total. The van der Waals surface area contributed by atoms with Gasteiger partial charge in [0.15, 0.2) is 23.1 Å². The first-order chi connectivity index (χ1) is 69.2. The molecule has 0 saturated carbocycles. The van der Waals surface area contributed by atoms with E-state index in [0.717, 1.165) is 142 Å². The number of amides is 4. The molecule has 1 aliphatic heterocycles. The normalized spacial score (nSPS) is 12.3. The maximum atomic E-state index is 12.7. The summed E-state index contributed by atoms with van der Waals surface area (Å²) in [5, 5.41) is 23.5. The number of morpholine rings is 1. The van der Waals surface area contributed by atoms with Gasteiger partial charge in [-0.25, -0.2) is 8.42 Å². The van der Waals surface area contributed by atoms with Crippen molar-refractivity contribution in [3.05, 3.63) is 210 Å². The first-order valence-corrected chi connectivity index (χ1v) is 53.7. The minimum absolute atomic E-state index is 0.00285. The third-order valence-electron chi connectivity index (χ3n) is 21.9. The average Bonchev–Trinajstić information content (AvgIpc) is 1.63. The third kappa shape index (κ3) is 54.7. The number of nitrogens with zero attached hydrogens (tertiary/aromatic N) is 10. The van der Waals surface area contributed by atoms with Crippen LogP contribution in [0.25, 0.3) is 11.4 Å². The van der Waals surface area contributed by atoms with Crippen molar-refractivity contribution in [2.45, 2.75) is 225 Å². The molecule has 7 aromatic carbocycles. The molecule has 4 amide bonds. The fourth-order valence-electron chi connectivity index (χ4n) is 16.3. The lowest BCUT2D eigenvalue weighted by molar-refractivity contribution is -0.120. The lowest BCUT2D eigenvalue weighted by Crippen LogP contribution is -2.38. The number of ketones is 1. The van der Waals surface area contributed by atoms with Crippen molar-refractivity contribution in [2.75, 3.05) is 204 Å². The van der Waals surface area contributed by atoms with Gasteiger partial charge in [0.25, 0.3) is 0 Å². The fourth-order valence-corrected chi connectivity index (χ4v) is 18.2. The van der Waals surface area contributed by atoms with Gasteiger partial charge in [-0.3, -0.25) is 58.0 Å². The molecule has 1 aliphatic rings. The number of carbonyl (C=O) groups excluding carboxylic acids is 5. The van der Waals surface area contributed by atoms with E-state index in [2.05, 4.69) is 249 Å². The highest BCUT2D eigenvalue weighted by atomic mass is 32.2. The molecule has 1 fully saturated rings. The highest BCUT2D eigenvalue weighted by Crippen LogP contribution is 2.33. The number of anilines is 6. The number of ether oxygens (including phenoxy) is 6. The third-order valence-corrected chi connectivity index (χ3v) is 24.0. The molecule has 28 nitrogen and oxygen atoms in total. The Labute approximate surface area is 890 Å². The molecule has 10 rings (SSSR count). The highest BCUT2D eigenvalue weighted by molar-refractivity contribution is 7.91. The van der Waals surface area contributed by atoms with Crippen LogP contribution < -0.4 is 55.2 Å². The number of para-hydroxylation sites is 2. The minimum Gasteiger partial charge on any atom is -0.497 e. The monoisotopic (exact) mass is 2060 g/mol. The Hall–Kier alpha value is -11.3. The van der Waals surface area contributed by atoms with Crippen LogP contribution in [0.2, 0.25) is 0 Å². The van der Waals surface area contributed by atoms with Crippen molar-refractivity contribution in [1.82, 2.24) is 44.2 Å². The average molecular weight is 2070 g/mol. The smallest absolute Gasteiger partial charge is 0.250 e. The first kappa shape index (κ1) is 129. The van der Waals surface area contributed by atoms with E-state index < -0.39 is 9.84 Å². The van der Waals surface area contributed by atoms with Crippen molar-refractivity contribution in [1.29, 1.82) is 0 Å². The molecule has 3 heterocycles. The lowest BCUT2D eigenvalue weighted by Gasteiger charge is -2.29. The molecule has 9 aromatic rings. The topological polar surface area (TPSA) is 298 Å². The molecule has 0 unspecified atom stereocenters. The number of pyridine rings is 1.